The second-order valence-corrected chi connectivity index (χ2v) is 13.5. The van der Waals surface area contributed by atoms with E-state index in [1.807, 2.05) is 24.3 Å². The maximum atomic E-state index is 12.3. The van der Waals surface area contributed by atoms with Crippen LogP contribution in [0.25, 0.3) is 0 Å². The fourth-order valence-corrected chi connectivity index (χ4v) is 3.63. The summed E-state index contributed by atoms with van der Waals surface area (Å²) in [6, 6.07) is 7.89. The van der Waals surface area contributed by atoms with Gasteiger partial charge >= 0.3 is 0 Å². The predicted octanol–water partition coefficient (Wildman–Crippen LogP) is 4.03. The molecular weight excluding hydrogens is 418 g/mol. The van der Waals surface area contributed by atoms with Gasteiger partial charge in [-0.2, -0.15) is 0 Å². The smallest absolute Gasteiger partial charge is 0.241 e. The van der Waals surface area contributed by atoms with Gasteiger partial charge in [0.05, 0.1) is 12.5 Å². The van der Waals surface area contributed by atoms with Crippen LogP contribution in [-0.2, 0) is 9.22 Å². The zero-order chi connectivity index (χ0) is 19.3. The van der Waals surface area contributed by atoms with Crippen LogP contribution in [0.1, 0.15) is 38.9 Å². The fourth-order valence-electron chi connectivity index (χ4n) is 1.88. The lowest BCUT2D eigenvalue weighted by atomic mass is 10.1. The Bertz CT molecular complexity index is 620. The van der Waals surface area contributed by atoms with Crippen LogP contribution >= 0.6 is 28.1 Å². The maximum Gasteiger partial charge on any atom is 0.241 e. The van der Waals surface area contributed by atoms with Gasteiger partial charge in [0.2, 0.25) is 5.91 Å². The number of thiocarbonyl (C=S) groups is 1. The topological polar surface area (TPSA) is 62.4 Å². The fraction of sp³-hybridized carbons (Fsp3) is 0.529. The van der Waals surface area contributed by atoms with E-state index in [9.17, 15) is 4.79 Å². The highest BCUT2D eigenvalue weighted by Gasteiger charge is 2.39. The highest BCUT2D eigenvalue weighted by atomic mass is 79.9. The molecule has 1 aromatic carbocycles. The number of rotatable bonds is 5. The van der Waals surface area contributed by atoms with Crippen molar-refractivity contribution in [2.24, 2.45) is 0 Å². The molecular formula is C17H28BrN3O2SSi. The van der Waals surface area contributed by atoms with Gasteiger partial charge in [-0.05, 0) is 48.0 Å². The predicted molar refractivity (Wildman–Crippen MR) is 113 cm³/mol. The molecule has 0 spiro atoms. The summed E-state index contributed by atoms with van der Waals surface area (Å²) in [6.07, 6.45) is -0.106. The van der Waals surface area contributed by atoms with Crippen molar-refractivity contribution < 1.29 is 9.22 Å². The van der Waals surface area contributed by atoms with Gasteiger partial charge in [-0.1, -0.05) is 48.8 Å². The Labute approximate surface area is 165 Å². The lowest BCUT2D eigenvalue weighted by Gasteiger charge is -2.39. The van der Waals surface area contributed by atoms with E-state index in [-0.39, 0.29) is 23.5 Å². The molecule has 0 aliphatic heterocycles. The Morgan fingerprint density at radius 2 is 1.96 bits per heavy atom. The first-order valence-electron chi connectivity index (χ1n) is 8.16. The van der Waals surface area contributed by atoms with Gasteiger partial charge in [-0.3, -0.25) is 15.6 Å². The number of nitrogens with one attached hydrogen (secondary N) is 3. The third-order valence-corrected chi connectivity index (χ3v) is 9.66. The number of benzene rings is 1. The van der Waals surface area contributed by atoms with Gasteiger partial charge in [0, 0.05) is 11.5 Å². The molecule has 0 aromatic heterocycles. The summed E-state index contributed by atoms with van der Waals surface area (Å²) in [5.41, 5.74) is 6.24. The molecule has 8 heteroatoms. The molecule has 1 rings (SSSR count). The van der Waals surface area contributed by atoms with Crippen LogP contribution in [0.5, 0.6) is 0 Å². The first kappa shape index (κ1) is 22.1. The van der Waals surface area contributed by atoms with E-state index in [4.69, 9.17) is 16.6 Å². The molecule has 1 amide bonds. The summed E-state index contributed by atoms with van der Waals surface area (Å²) in [6.45, 7) is 10.9. The number of amides is 1. The van der Waals surface area contributed by atoms with Crippen molar-refractivity contribution in [3.8, 4) is 0 Å². The number of hydrogen-bond donors (Lipinski definition) is 3. The van der Waals surface area contributed by atoms with Crippen LogP contribution in [0.3, 0.4) is 0 Å². The van der Waals surface area contributed by atoms with Crippen molar-refractivity contribution in [3.63, 3.8) is 0 Å². The van der Waals surface area contributed by atoms with Crippen LogP contribution in [0.15, 0.2) is 28.7 Å². The average Bonchev–Trinajstić information content (AvgIpc) is 2.50. The van der Waals surface area contributed by atoms with E-state index in [1.165, 1.54) is 0 Å². The van der Waals surface area contributed by atoms with Crippen molar-refractivity contribution >= 4 is 47.5 Å². The van der Waals surface area contributed by atoms with E-state index >= 15 is 0 Å². The molecule has 0 saturated carbocycles. The third-order valence-electron chi connectivity index (χ3n) is 4.38. The zero-order valence-electron chi connectivity index (χ0n) is 15.7. The average molecular weight is 446 g/mol. The summed E-state index contributed by atoms with van der Waals surface area (Å²) in [4.78, 5) is 12.3. The molecule has 140 valence electrons. The van der Waals surface area contributed by atoms with Gasteiger partial charge in [0.25, 0.3) is 0 Å². The van der Waals surface area contributed by atoms with Crippen LogP contribution < -0.4 is 16.2 Å². The quantitative estimate of drug-likeness (QED) is 0.362. The largest absolute Gasteiger partial charge is 0.409 e. The van der Waals surface area contributed by atoms with Gasteiger partial charge < -0.3 is 9.74 Å². The molecule has 0 bridgehead atoms. The van der Waals surface area contributed by atoms with E-state index in [0.717, 1.165) is 10.0 Å². The van der Waals surface area contributed by atoms with Gasteiger partial charge in [-0.15, -0.1) is 0 Å². The number of hydrazine groups is 1. The molecule has 1 atom stereocenters. The zero-order valence-corrected chi connectivity index (χ0v) is 19.1. The minimum atomic E-state index is -2.04. The standard InChI is InChI=1S/C17H28BrN3O2SSi/c1-17(2,3)25(5,6)23-14(12-8-7-9-13(18)10-12)11-15(22)20-21-16(24)19-4/h7-10,14H,11H2,1-6H3,(H,20,22)(H2,19,21,24). The Morgan fingerprint density at radius 1 is 1.32 bits per heavy atom. The highest BCUT2D eigenvalue weighted by Crippen LogP contribution is 2.40. The van der Waals surface area contributed by atoms with E-state index < -0.39 is 8.32 Å². The molecule has 1 unspecified atom stereocenters. The molecule has 1 aromatic rings. The summed E-state index contributed by atoms with van der Waals surface area (Å²) in [5.74, 6) is -0.179. The SMILES string of the molecule is CNC(=S)NNC(=O)CC(O[Si](C)(C)C(C)(C)C)c1cccc(Br)c1. The lowest BCUT2D eigenvalue weighted by Crippen LogP contribution is -2.47. The molecule has 0 saturated heterocycles. The van der Waals surface area contributed by atoms with E-state index in [1.54, 1.807) is 7.05 Å². The third kappa shape index (κ3) is 7.05. The lowest BCUT2D eigenvalue weighted by molar-refractivity contribution is -0.123. The second kappa shape index (κ2) is 9.11. The summed E-state index contributed by atoms with van der Waals surface area (Å²) >= 11 is 8.46. The van der Waals surface area contributed by atoms with Crippen molar-refractivity contribution in [1.29, 1.82) is 0 Å². The molecule has 25 heavy (non-hydrogen) atoms. The van der Waals surface area contributed by atoms with Crippen molar-refractivity contribution in [1.82, 2.24) is 16.2 Å². The minimum Gasteiger partial charge on any atom is -0.409 e. The molecule has 0 radical (unpaired) electrons. The van der Waals surface area contributed by atoms with Crippen LogP contribution in [-0.4, -0.2) is 26.4 Å². The van der Waals surface area contributed by atoms with E-state index in [2.05, 4.69) is 66.0 Å². The van der Waals surface area contributed by atoms with Crippen LogP contribution in [0, 0.1) is 0 Å². The highest BCUT2D eigenvalue weighted by molar-refractivity contribution is 9.10. The Hall–Kier alpha value is -0.963. The summed E-state index contributed by atoms with van der Waals surface area (Å²) in [7, 11) is -0.354. The van der Waals surface area contributed by atoms with Crippen LogP contribution in [0.2, 0.25) is 18.1 Å². The van der Waals surface area contributed by atoms with Gasteiger partial charge in [0.1, 0.15) is 0 Å². The summed E-state index contributed by atoms with van der Waals surface area (Å²) < 4.78 is 7.49. The second-order valence-electron chi connectivity index (χ2n) is 7.38. The van der Waals surface area contributed by atoms with Crippen molar-refractivity contribution in [2.75, 3.05) is 7.05 Å². The monoisotopic (exact) mass is 445 g/mol. The van der Waals surface area contributed by atoms with Crippen molar-refractivity contribution in [3.05, 3.63) is 34.3 Å². The molecule has 3 N–H and O–H groups in total. The van der Waals surface area contributed by atoms with Crippen LogP contribution in [0.4, 0.5) is 0 Å². The number of carbonyl (C=O) groups excluding carboxylic acids is 1. The first-order valence-corrected chi connectivity index (χ1v) is 12.3. The molecule has 0 aliphatic carbocycles. The minimum absolute atomic E-state index is 0.0552. The first-order chi connectivity index (χ1) is 11.5. The van der Waals surface area contributed by atoms with Crippen molar-refractivity contribution in [2.45, 2.75) is 51.4 Å². The summed E-state index contributed by atoms with van der Waals surface area (Å²) in [5, 5.41) is 3.16. The maximum absolute atomic E-state index is 12.3. The molecule has 5 nitrogen and oxygen atoms in total. The van der Waals surface area contributed by atoms with Gasteiger partial charge in [0.15, 0.2) is 13.4 Å². The Kier molecular flexibility index (Phi) is 8.05. The Balaban J connectivity index is 2.96. The van der Waals surface area contributed by atoms with Gasteiger partial charge in [-0.25, -0.2) is 0 Å². The molecule has 0 fully saturated rings. The number of hydrogen-bond acceptors (Lipinski definition) is 3. The number of halogens is 1. The number of carbonyl (C=O) groups is 1. The Morgan fingerprint density at radius 3 is 2.48 bits per heavy atom. The normalized spacial score (nSPS) is 13.1. The van der Waals surface area contributed by atoms with E-state index in [0.29, 0.717) is 5.11 Å². The molecule has 0 heterocycles. The molecule has 0 aliphatic rings.